The summed E-state index contributed by atoms with van der Waals surface area (Å²) in [6.07, 6.45) is 0.886. The molecule has 106 valence electrons. The van der Waals surface area contributed by atoms with Gasteiger partial charge in [0.1, 0.15) is 5.75 Å². The molecule has 5 heteroatoms. The first-order chi connectivity index (χ1) is 9.01. The molecule has 0 saturated heterocycles. The fraction of sp³-hybridized carbons (Fsp3) is 0.500. The minimum atomic E-state index is -0.853. The molecule has 1 aromatic carbocycles. The van der Waals surface area contributed by atoms with Crippen LogP contribution in [0.5, 0.6) is 5.75 Å². The number of methoxy groups -OCH3 is 1. The van der Waals surface area contributed by atoms with Crippen molar-refractivity contribution in [2.24, 2.45) is 5.73 Å². The zero-order valence-corrected chi connectivity index (χ0v) is 11.5. The third-order valence-electron chi connectivity index (χ3n) is 2.90. The van der Waals surface area contributed by atoms with E-state index in [-0.39, 0.29) is 12.5 Å². The van der Waals surface area contributed by atoms with Gasteiger partial charge in [0.25, 0.3) is 0 Å². The molecule has 1 atom stereocenters. The smallest absolute Gasteiger partial charge is 0.304 e. The molecule has 1 rings (SSSR count). The minimum Gasteiger partial charge on any atom is -0.497 e. The van der Waals surface area contributed by atoms with E-state index in [9.17, 15) is 4.79 Å². The minimum absolute atomic E-state index is 0.00347. The molecule has 0 radical (unpaired) electrons. The Morgan fingerprint density at radius 3 is 2.89 bits per heavy atom. The second-order valence-electron chi connectivity index (χ2n) is 4.72. The van der Waals surface area contributed by atoms with Gasteiger partial charge in [0.2, 0.25) is 0 Å². The summed E-state index contributed by atoms with van der Waals surface area (Å²) in [5.41, 5.74) is 6.94. The summed E-state index contributed by atoms with van der Waals surface area (Å²) in [4.78, 5) is 12.6. The van der Waals surface area contributed by atoms with Crippen molar-refractivity contribution in [2.75, 3.05) is 27.2 Å². The first-order valence-corrected chi connectivity index (χ1v) is 6.30. The number of aliphatic carboxylic acids is 1. The molecule has 3 N–H and O–H groups in total. The summed E-state index contributed by atoms with van der Waals surface area (Å²) in [5.74, 6) is -0.00331. The Hall–Kier alpha value is -1.59. The van der Waals surface area contributed by atoms with Crippen molar-refractivity contribution in [3.63, 3.8) is 0 Å². The number of carboxylic acid groups (broad SMARTS) is 1. The van der Waals surface area contributed by atoms with Crippen LogP contribution in [0, 0.1) is 0 Å². The van der Waals surface area contributed by atoms with E-state index in [1.54, 1.807) is 7.11 Å². The standard InChI is InChI=1S/C14H22N2O3/c1-16(10-12(15)9-14(17)18)7-6-11-4-3-5-13(8-11)19-2/h3-5,8,12H,6-7,9-10,15H2,1-2H3,(H,17,18). The van der Waals surface area contributed by atoms with E-state index in [1.807, 2.05) is 36.2 Å². The number of likely N-dealkylation sites (N-methyl/N-ethyl adjacent to an activating group) is 1. The molecule has 1 unspecified atom stereocenters. The van der Waals surface area contributed by atoms with Crippen LogP contribution in [0.15, 0.2) is 24.3 Å². The first-order valence-electron chi connectivity index (χ1n) is 6.30. The van der Waals surface area contributed by atoms with Crippen LogP contribution in [0.4, 0.5) is 0 Å². The van der Waals surface area contributed by atoms with Gasteiger partial charge in [0.05, 0.1) is 13.5 Å². The maximum atomic E-state index is 10.5. The third kappa shape index (κ3) is 6.22. The molecule has 0 aromatic heterocycles. The lowest BCUT2D eigenvalue weighted by atomic mass is 10.1. The van der Waals surface area contributed by atoms with Gasteiger partial charge in [-0.05, 0) is 31.2 Å². The van der Waals surface area contributed by atoms with Gasteiger partial charge in [-0.1, -0.05) is 12.1 Å². The summed E-state index contributed by atoms with van der Waals surface area (Å²) in [6, 6.07) is 7.60. The molecule has 19 heavy (non-hydrogen) atoms. The number of nitrogens with zero attached hydrogens (tertiary/aromatic N) is 1. The molecule has 1 aromatic rings. The van der Waals surface area contributed by atoms with Gasteiger partial charge in [-0.25, -0.2) is 0 Å². The molecule has 0 aliphatic heterocycles. The van der Waals surface area contributed by atoms with Gasteiger partial charge in [0.15, 0.2) is 0 Å². The van der Waals surface area contributed by atoms with Crippen LogP contribution >= 0.6 is 0 Å². The highest BCUT2D eigenvalue weighted by atomic mass is 16.5. The average Bonchev–Trinajstić information content (AvgIpc) is 2.35. The summed E-state index contributed by atoms with van der Waals surface area (Å²) < 4.78 is 5.17. The van der Waals surface area contributed by atoms with Crippen LogP contribution in [0.2, 0.25) is 0 Å². The zero-order valence-electron chi connectivity index (χ0n) is 11.5. The van der Waals surface area contributed by atoms with Gasteiger partial charge < -0.3 is 20.5 Å². The second kappa shape index (κ2) is 7.76. The Bertz CT molecular complexity index is 409. The number of benzene rings is 1. The van der Waals surface area contributed by atoms with Crippen molar-refractivity contribution in [1.82, 2.24) is 4.90 Å². The summed E-state index contributed by atoms with van der Waals surface area (Å²) in [7, 11) is 3.60. The van der Waals surface area contributed by atoms with Gasteiger partial charge in [-0.15, -0.1) is 0 Å². The molecule has 0 spiro atoms. The van der Waals surface area contributed by atoms with Crippen molar-refractivity contribution in [3.05, 3.63) is 29.8 Å². The highest BCUT2D eigenvalue weighted by molar-refractivity contribution is 5.67. The number of carboxylic acids is 1. The highest BCUT2D eigenvalue weighted by Gasteiger charge is 2.10. The second-order valence-corrected chi connectivity index (χ2v) is 4.72. The predicted molar refractivity (Wildman–Crippen MR) is 74.4 cm³/mol. The van der Waals surface area contributed by atoms with Crippen LogP contribution in [0.1, 0.15) is 12.0 Å². The van der Waals surface area contributed by atoms with Crippen LogP contribution in [0.3, 0.4) is 0 Å². The first kappa shape index (κ1) is 15.5. The van der Waals surface area contributed by atoms with E-state index in [2.05, 4.69) is 0 Å². The SMILES string of the molecule is COc1cccc(CCN(C)CC(N)CC(=O)O)c1. The Morgan fingerprint density at radius 1 is 1.53 bits per heavy atom. The molecular weight excluding hydrogens is 244 g/mol. The number of nitrogens with two attached hydrogens (primary N) is 1. The predicted octanol–water partition coefficient (Wildman–Crippen LogP) is 0.972. The Balaban J connectivity index is 2.36. The summed E-state index contributed by atoms with van der Waals surface area (Å²) in [6.45, 7) is 1.41. The topological polar surface area (TPSA) is 75.8 Å². The molecule has 0 aliphatic rings. The number of ether oxygens (including phenoxy) is 1. The Kier molecular flexibility index (Phi) is 6.32. The Morgan fingerprint density at radius 2 is 2.26 bits per heavy atom. The van der Waals surface area contributed by atoms with Crippen LogP contribution in [0.25, 0.3) is 0 Å². The molecule has 0 bridgehead atoms. The maximum absolute atomic E-state index is 10.5. The normalized spacial score (nSPS) is 12.4. The molecule has 0 aliphatic carbocycles. The number of hydrogen-bond donors (Lipinski definition) is 2. The molecule has 0 amide bonds. The van der Waals surface area contributed by atoms with Crippen molar-refractivity contribution < 1.29 is 14.6 Å². The van der Waals surface area contributed by atoms with Crippen LogP contribution in [-0.2, 0) is 11.2 Å². The van der Waals surface area contributed by atoms with Crippen LogP contribution < -0.4 is 10.5 Å². The van der Waals surface area contributed by atoms with E-state index in [1.165, 1.54) is 5.56 Å². The van der Waals surface area contributed by atoms with E-state index in [0.29, 0.717) is 6.54 Å². The van der Waals surface area contributed by atoms with E-state index in [4.69, 9.17) is 15.6 Å². The summed E-state index contributed by atoms with van der Waals surface area (Å²) in [5, 5.41) is 8.65. The number of carbonyl (C=O) groups is 1. The third-order valence-corrected chi connectivity index (χ3v) is 2.90. The summed E-state index contributed by atoms with van der Waals surface area (Å²) >= 11 is 0. The van der Waals surface area contributed by atoms with E-state index in [0.717, 1.165) is 18.7 Å². The molecule has 0 heterocycles. The molecular formula is C14H22N2O3. The zero-order chi connectivity index (χ0) is 14.3. The van der Waals surface area contributed by atoms with Gasteiger partial charge in [-0.2, -0.15) is 0 Å². The fourth-order valence-corrected chi connectivity index (χ4v) is 1.93. The Labute approximate surface area is 114 Å². The lowest BCUT2D eigenvalue weighted by Crippen LogP contribution is -2.37. The van der Waals surface area contributed by atoms with Crippen molar-refractivity contribution in [3.8, 4) is 5.75 Å². The van der Waals surface area contributed by atoms with E-state index < -0.39 is 5.97 Å². The quantitative estimate of drug-likeness (QED) is 0.733. The van der Waals surface area contributed by atoms with Crippen molar-refractivity contribution in [2.45, 2.75) is 18.9 Å². The van der Waals surface area contributed by atoms with Crippen molar-refractivity contribution >= 4 is 5.97 Å². The highest BCUT2D eigenvalue weighted by Crippen LogP contribution is 2.13. The fourth-order valence-electron chi connectivity index (χ4n) is 1.93. The van der Waals surface area contributed by atoms with Gasteiger partial charge in [-0.3, -0.25) is 4.79 Å². The molecule has 0 fully saturated rings. The monoisotopic (exact) mass is 266 g/mol. The molecule has 0 saturated carbocycles. The lowest BCUT2D eigenvalue weighted by Gasteiger charge is -2.20. The van der Waals surface area contributed by atoms with Gasteiger partial charge >= 0.3 is 5.97 Å². The van der Waals surface area contributed by atoms with Crippen LogP contribution in [-0.4, -0.2) is 49.3 Å². The molecule has 5 nitrogen and oxygen atoms in total. The maximum Gasteiger partial charge on any atom is 0.304 e. The largest absolute Gasteiger partial charge is 0.497 e. The van der Waals surface area contributed by atoms with Gasteiger partial charge in [0, 0.05) is 19.1 Å². The van der Waals surface area contributed by atoms with E-state index >= 15 is 0 Å². The number of rotatable bonds is 8. The lowest BCUT2D eigenvalue weighted by molar-refractivity contribution is -0.137. The van der Waals surface area contributed by atoms with Crippen molar-refractivity contribution in [1.29, 1.82) is 0 Å². The average molecular weight is 266 g/mol. The number of hydrogen-bond acceptors (Lipinski definition) is 4.